The molecule has 4 rings (SSSR count). The first-order valence-corrected chi connectivity index (χ1v) is 10.3. The third kappa shape index (κ3) is 4.58. The van der Waals surface area contributed by atoms with Crippen LogP contribution < -0.4 is 16.5 Å². The number of nitrogens with one attached hydrogen (secondary N) is 3. The van der Waals surface area contributed by atoms with E-state index in [1.807, 2.05) is 0 Å². The van der Waals surface area contributed by atoms with Crippen LogP contribution in [0.1, 0.15) is 5.82 Å². The Hall–Kier alpha value is -4.29. The molecule has 0 saturated heterocycles. The van der Waals surface area contributed by atoms with E-state index in [0.29, 0.717) is 44.4 Å². The highest BCUT2D eigenvalue weighted by Crippen LogP contribution is 2.29. The van der Waals surface area contributed by atoms with Crippen LogP contribution in [0, 0.1) is 12.3 Å². The van der Waals surface area contributed by atoms with E-state index in [4.69, 9.17) is 34.3 Å². The first-order valence-electron chi connectivity index (χ1n) is 9.56. The standard InChI is InChI=1S/C20H16Cl2N10O2/c1-9-26-15(33)7-14-28-31-20(32(9)14)13-6-5-10(8-25-13)27-19(16(23)18(24)34)30-29-17-11(21)3-2-4-12(17)22/h2-8,23,29,33H,1H3,(H2,24,34)(H,27,30). The van der Waals surface area contributed by atoms with Gasteiger partial charge in [-0.1, -0.05) is 29.3 Å². The number of amidine groups is 1. The zero-order valence-electron chi connectivity index (χ0n) is 17.4. The van der Waals surface area contributed by atoms with E-state index in [-0.39, 0.29) is 11.7 Å². The van der Waals surface area contributed by atoms with E-state index >= 15 is 0 Å². The second-order valence-corrected chi connectivity index (χ2v) is 7.66. The van der Waals surface area contributed by atoms with Crippen LogP contribution in [0.5, 0.6) is 5.88 Å². The van der Waals surface area contributed by atoms with Crippen molar-refractivity contribution in [2.75, 3.05) is 10.7 Å². The van der Waals surface area contributed by atoms with Crippen molar-refractivity contribution in [1.29, 1.82) is 5.41 Å². The molecule has 1 amide bonds. The smallest absolute Gasteiger partial charge is 0.270 e. The minimum absolute atomic E-state index is 0.160. The topological polar surface area (TPSA) is 180 Å². The zero-order valence-corrected chi connectivity index (χ0v) is 18.9. The molecule has 1 aromatic carbocycles. The maximum atomic E-state index is 11.6. The van der Waals surface area contributed by atoms with Crippen LogP contribution >= 0.6 is 23.2 Å². The Labute approximate surface area is 202 Å². The third-order valence-electron chi connectivity index (χ3n) is 4.53. The van der Waals surface area contributed by atoms with Crippen LogP contribution in [0.2, 0.25) is 10.0 Å². The molecule has 4 aromatic rings. The van der Waals surface area contributed by atoms with E-state index in [1.165, 1.54) is 12.3 Å². The predicted octanol–water partition coefficient (Wildman–Crippen LogP) is 2.85. The summed E-state index contributed by atoms with van der Waals surface area (Å²) in [5, 5.41) is 33.2. The van der Waals surface area contributed by atoms with Gasteiger partial charge in [0, 0.05) is 6.07 Å². The van der Waals surface area contributed by atoms with Crippen molar-refractivity contribution in [3.8, 4) is 17.4 Å². The molecule has 0 aliphatic rings. The molecule has 0 saturated carbocycles. The fraction of sp³-hybridized carbons (Fsp3) is 0.0500. The number of halogens is 2. The van der Waals surface area contributed by atoms with E-state index in [0.717, 1.165) is 0 Å². The lowest BCUT2D eigenvalue weighted by Gasteiger charge is -2.11. The highest BCUT2D eigenvalue weighted by molar-refractivity contribution is 6.67. The molecule has 0 fully saturated rings. The average Bonchev–Trinajstić information content (AvgIpc) is 3.22. The molecule has 12 nitrogen and oxygen atoms in total. The fourth-order valence-corrected chi connectivity index (χ4v) is 3.44. The number of hydrogen-bond donors (Lipinski definition) is 5. The number of benzene rings is 1. The Bertz CT molecular complexity index is 1430. The molecule has 0 bridgehead atoms. The van der Waals surface area contributed by atoms with Crippen molar-refractivity contribution in [3.63, 3.8) is 0 Å². The Morgan fingerprint density at radius 2 is 1.94 bits per heavy atom. The van der Waals surface area contributed by atoms with Gasteiger partial charge in [0.05, 0.1) is 27.6 Å². The molecule has 0 spiro atoms. The van der Waals surface area contributed by atoms with Crippen LogP contribution in [0.15, 0.2) is 47.7 Å². The Morgan fingerprint density at radius 3 is 2.59 bits per heavy atom. The van der Waals surface area contributed by atoms with Gasteiger partial charge in [-0.2, -0.15) is 5.10 Å². The second-order valence-electron chi connectivity index (χ2n) is 6.84. The van der Waals surface area contributed by atoms with Gasteiger partial charge in [0.15, 0.2) is 23.0 Å². The van der Waals surface area contributed by atoms with Crippen LogP contribution in [0.3, 0.4) is 0 Å². The number of hydrogen-bond acceptors (Lipinski definition) is 9. The highest BCUT2D eigenvalue weighted by atomic mass is 35.5. The van der Waals surface area contributed by atoms with Gasteiger partial charge < -0.3 is 16.2 Å². The lowest BCUT2D eigenvalue weighted by Crippen LogP contribution is -2.35. The largest absolute Gasteiger partial charge is 0.493 e. The molecule has 0 aliphatic carbocycles. The van der Waals surface area contributed by atoms with Crippen molar-refractivity contribution in [2.45, 2.75) is 6.92 Å². The van der Waals surface area contributed by atoms with Gasteiger partial charge in [-0.25, -0.2) is 4.98 Å². The van der Waals surface area contributed by atoms with Gasteiger partial charge in [-0.05, 0) is 31.2 Å². The molecular formula is C20H16Cl2N10O2. The maximum absolute atomic E-state index is 11.6. The first-order chi connectivity index (χ1) is 16.2. The molecule has 0 unspecified atom stereocenters. The van der Waals surface area contributed by atoms with Gasteiger partial charge in [0.2, 0.25) is 5.88 Å². The third-order valence-corrected chi connectivity index (χ3v) is 5.16. The summed E-state index contributed by atoms with van der Waals surface area (Å²) >= 11 is 12.2. The number of nitrogens with zero attached hydrogens (tertiary/aromatic N) is 6. The summed E-state index contributed by atoms with van der Waals surface area (Å²) in [6.45, 7) is 1.70. The number of aryl methyl sites for hydroxylation is 1. The highest BCUT2D eigenvalue weighted by Gasteiger charge is 2.17. The summed E-state index contributed by atoms with van der Waals surface area (Å²) in [6.07, 6.45) is 1.45. The maximum Gasteiger partial charge on any atom is 0.270 e. The summed E-state index contributed by atoms with van der Waals surface area (Å²) in [5.74, 6) is -0.439. The molecule has 0 aliphatic heterocycles. The van der Waals surface area contributed by atoms with Crippen LogP contribution in [-0.2, 0) is 4.79 Å². The minimum Gasteiger partial charge on any atom is -0.493 e. The minimum atomic E-state index is -0.996. The van der Waals surface area contributed by atoms with Gasteiger partial charge in [0.25, 0.3) is 5.91 Å². The number of para-hydroxylation sites is 1. The van der Waals surface area contributed by atoms with Crippen LogP contribution in [0.25, 0.3) is 17.2 Å². The molecule has 0 atom stereocenters. The number of nitrogens with two attached hydrogens (primary N) is 1. The Morgan fingerprint density at radius 1 is 1.21 bits per heavy atom. The van der Waals surface area contributed by atoms with Crippen molar-refractivity contribution < 1.29 is 9.90 Å². The Kier molecular flexibility index (Phi) is 6.25. The van der Waals surface area contributed by atoms with Crippen molar-refractivity contribution >= 4 is 57.7 Å². The molecule has 0 radical (unpaired) electrons. The summed E-state index contributed by atoms with van der Waals surface area (Å²) < 4.78 is 1.64. The summed E-state index contributed by atoms with van der Waals surface area (Å²) in [5.41, 5.74) is 8.92. The molecule has 3 heterocycles. The lowest BCUT2D eigenvalue weighted by atomic mass is 10.3. The number of aromatic hydroxyl groups is 1. The van der Waals surface area contributed by atoms with Crippen LogP contribution in [-0.4, -0.2) is 47.1 Å². The predicted molar refractivity (Wildman–Crippen MR) is 128 cm³/mol. The Balaban J connectivity index is 1.62. The molecule has 3 aromatic heterocycles. The zero-order chi connectivity index (χ0) is 24.4. The van der Waals surface area contributed by atoms with Gasteiger partial charge >= 0.3 is 0 Å². The number of anilines is 2. The number of rotatable bonds is 6. The van der Waals surface area contributed by atoms with Gasteiger partial charge in [-0.15, -0.1) is 10.2 Å². The SMILES string of the molecule is Cc1nc(O)cc2nnc(-c3ccc(N/C(=N/Nc4c(Cl)cccc4Cl)C(=N)C(N)=O)cn3)n12. The number of aromatic nitrogens is 5. The number of fused-ring (bicyclic) bond motifs is 1. The molecule has 14 heteroatoms. The van der Waals surface area contributed by atoms with E-state index in [1.54, 1.807) is 41.7 Å². The molecule has 6 N–H and O–H groups in total. The number of hydrazone groups is 1. The number of primary amides is 1. The number of carbonyl (C=O) groups is 1. The molecular weight excluding hydrogens is 483 g/mol. The van der Waals surface area contributed by atoms with E-state index in [2.05, 4.69) is 36.0 Å². The fourth-order valence-electron chi connectivity index (χ4n) is 2.95. The normalized spacial score (nSPS) is 11.4. The summed E-state index contributed by atoms with van der Waals surface area (Å²) in [6, 6.07) is 9.54. The quantitative estimate of drug-likeness (QED) is 0.153. The van der Waals surface area contributed by atoms with Crippen LogP contribution in [0.4, 0.5) is 11.4 Å². The van der Waals surface area contributed by atoms with Crippen molar-refractivity contribution in [3.05, 3.63) is 58.5 Å². The molecule has 34 heavy (non-hydrogen) atoms. The lowest BCUT2D eigenvalue weighted by molar-refractivity contribution is -0.111. The van der Waals surface area contributed by atoms with Crippen molar-refractivity contribution in [1.82, 2.24) is 24.6 Å². The van der Waals surface area contributed by atoms with E-state index < -0.39 is 11.6 Å². The summed E-state index contributed by atoms with van der Waals surface area (Å²) in [7, 11) is 0. The van der Waals surface area contributed by atoms with Gasteiger partial charge in [-0.3, -0.25) is 25.0 Å². The first kappa shape index (κ1) is 22.9. The number of amides is 1. The summed E-state index contributed by atoms with van der Waals surface area (Å²) in [4.78, 5) is 20.0. The van der Waals surface area contributed by atoms with Crippen molar-refractivity contribution in [2.24, 2.45) is 10.8 Å². The average molecular weight is 499 g/mol. The monoisotopic (exact) mass is 498 g/mol. The number of pyridine rings is 1. The van der Waals surface area contributed by atoms with Gasteiger partial charge in [0.1, 0.15) is 11.5 Å². The van der Waals surface area contributed by atoms with E-state index in [9.17, 15) is 9.90 Å². The number of carbonyl (C=O) groups excluding carboxylic acids is 1. The second kappa shape index (κ2) is 9.29. The molecule has 172 valence electrons.